The average molecular weight is 410 g/mol. The Morgan fingerprint density at radius 3 is 2.44 bits per heavy atom. The van der Waals surface area contributed by atoms with Gasteiger partial charge in [0.1, 0.15) is 4.88 Å². The van der Waals surface area contributed by atoms with Gasteiger partial charge in [0.2, 0.25) is 0 Å². The Kier molecular flexibility index (Phi) is 5.13. The molecule has 3 rings (SSSR count). The summed E-state index contributed by atoms with van der Waals surface area (Å²) >= 11 is 12.6. The zero-order chi connectivity index (χ0) is 18.2. The molecule has 0 spiro atoms. The minimum absolute atomic E-state index is 0.200. The zero-order valence-corrected chi connectivity index (χ0v) is 15.0. The van der Waals surface area contributed by atoms with Crippen molar-refractivity contribution >= 4 is 45.6 Å². The van der Waals surface area contributed by atoms with E-state index in [0.717, 1.165) is 6.20 Å². The number of anilines is 1. The van der Waals surface area contributed by atoms with Crippen molar-refractivity contribution in [2.75, 3.05) is 31.1 Å². The molecule has 2 heterocycles. The largest absolute Gasteiger partial charge is 0.427 e. The molecular formula is C15H12Cl2F3N3OS. The summed E-state index contributed by atoms with van der Waals surface area (Å²) in [5.41, 5.74) is 0.316. The number of halogens is 5. The Labute approximate surface area is 155 Å². The highest BCUT2D eigenvalue weighted by Gasteiger charge is 2.34. The van der Waals surface area contributed by atoms with E-state index in [1.807, 2.05) is 0 Å². The van der Waals surface area contributed by atoms with Gasteiger partial charge in [-0.3, -0.25) is 4.79 Å². The van der Waals surface area contributed by atoms with E-state index in [4.69, 9.17) is 23.2 Å². The molecule has 1 amide bonds. The average Bonchev–Trinajstić information content (AvgIpc) is 3.07. The summed E-state index contributed by atoms with van der Waals surface area (Å²) < 4.78 is 38.0. The van der Waals surface area contributed by atoms with Crippen LogP contribution in [0, 0.1) is 0 Å². The molecule has 25 heavy (non-hydrogen) atoms. The molecule has 134 valence electrons. The van der Waals surface area contributed by atoms with Gasteiger partial charge in [0.05, 0.1) is 21.8 Å². The lowest BCUT2D eigenvalue weighted by molar-refractivity contribution is -0.134. The number of thiazole rings is 1. The summed E-state index contributed by atoms with van der Waals surface area (Å²) in [6, 6.07) is 4.84. The molecule has 1 aromatic heterocycles. The highest BCUT2D eigenvalue weighted by Crippen LogP contribution is 2.36. The monoisotopic (exact) mass is 409 g/mol. The molecule has 0 unspecified atom stereocenters. The molecule has 0 N–H and O–H groups in total. The van der Waals surface area contributed by atoms with E-state index in [2.05, 4.69) is 4.98 Å². The Balaban J connectivity index is 1.66. The van der Waals surface area contributed by atoms with Gasteiger partial charge >= 0.3 is 6.18 Å². The summed E-state index contributed by atoms with van der Waals surface area (Å²) in [4.78, 5) is 19.0. The standard InChI is InChI=1S/C15H12Cl2F3N3OS/c16-10-3-1-2-9(12(10)17)13(24)22-4-6-23(7-5-22)14-21-8-11(25-14)15(18,19)20/h1-3,8H,4-7H2. The second kappa shape index (κ2) is 7.01. The Morgan fingerprint density at radius 1 is 1.16 bits per heavy atom. The smallest absolute Gasteiger partial charge is 0.345 e. The third kappa shape index (κ3) is 3.86. The number of carbonyl (C=O) groups is 1. The topological polar surface area (TPSA) is 36.4 Å². The van der Waals surface area contributed by atoms with E-state index in [-0.39, 0.29) is 10.9 Å². The molecule has 1 aliphatic rings. The van der Waals surface area contributed by atoms with E-state index in [0.29, 0.717) is 53.2 Å². The first-order valence-corrected chi connectivity index (χ1v) is 8.86. The van der Waals surface area contributed by atoms with E-state index in [9.17, 15) is 18.0 Å². The third-order valence-corrected chi connectivity index (χ3v) is 5.71. The maximum Gasteiger partial charge on any atom is 0.427 e. The highest BCUT2D eigenvalue weighted by atomic mass is 35.5. The Hall–Kier alpha value is -1.51. The van der Waals surface area contributed by atoms with Crippen molar-refractivity contribution in [2.45, 2.75) is 6.18 Å². The number of nitrogens with zero attached hydrogens (tertiary/aromatic N) is 3. The summed E-state index contributed by atoms with van der Waals surface area (Å²) in [6.07, 6.45) is -3.56. The van der Waals surface area contributed by atoms with Crippen LogP contribution in [0.25, 0.3) is 0 Å². The summed E-state index contributed by atoms with van der Waals surface area (Å²) in [6.45, 7) is 1.52. The molecular weight excluding hydrogens is 398 g/mol. The van der Waals surface area contributed by atoms with E-state index < -0.39 is 11.1 Å². The molecule has 1 aromatic carbocycles. The summed E-state index contributed by atoms with van der Waals surface area (Å²) in [5, 5.41) is 0.806. The Bertz CT molecular complexity index is 789. The van der Waals surface area contributed by atoms with Crippen LogP contribution in [0.4, 0.5) is 18.3 Å². The van der Waals surface area contributed by atoms with Crippen LogP contribution in [0.5, 0.6) is 0 Å². The fraction of sp³-hybridized carbons (Fsp3) is 0.333. The van der Waals surface area contributed by atoms with Crippen LogP contribution in [0.15, 0.2) is 24.4 Å². The molecule has 0 saturated carbocycles. The first-order chi connectivity index (χ1) is 11.8. The normalized spacial score (nSPS) is 15.6. The van der Waals surface area contributed by atoms with Crippen molar-refractivity contribution in [3.05, 3.63) is 44.9 Å². The minimum atomic E-state index is -4.39. The van der Waals surface area contributed by atoms with Crippen LogP contribution in [-0.4, -0.2) is 42.0 Å². The fourth-order valence-electron chi connectivity index (χ4n) is 2.48. The van der Waals surface area contributed by atoms with Gasteiger partial charge in [0.25, 0.3) is 5.91 Å². The van der Waals surface area contributed by atoms with Crippen molar-refractivity contribution in [1.29, 1.82) is 0 Å². The number of aromatic nitrogens is 1. The number of benzene rings is 1. The molecule has 2 aromatic rings. The maximum atomic E-state index is 12.7. The Morgan fingerprint density at radius 2 is 1.84 bits per heavy atom. The predicted molar refractivity (Wildman–Crippen MR) is 91.7 cm³/mol. The lowest BCUT2D eigenvalue weighted by atomic mass is 10.2. The van der Waals surface area contributed by atoms with Crippen LogP contribution < -0.4 is 4.90 Å². The van der Waals surface area contributed by atoms with Crippen molar-refractivity contribution < 1.29 is 18.0 Å². The third-order valence-electron chi connectivity index (χ3n) is 3.79. The van der Waals surface area contributed by atoms with Crippen LogP contribution in [0.2, 0.25) is 10.0 Å². The molecule has 0 radical (unpaired) electrons. The molecule has 4 nitrogen and oxygen atoms in total. The molecule has 0 bridgehead atoms. The second-order valence-electron chi connectivity index (χ2n) is 5.39. The van der Waals surface area contributed by atoms with E-state index in [1.54, 1.807) is 28.0 Å². The van der Waals surface area contributed by atoms with Gasteiger partial charge in [-0.1, -0.05) is 40.6 Å². The fourth-order valence-corrected chi connectivity index (χ4v) is 3.70. The quantitative estimate of drug-likeness (QED) is 0.735. The molecule has 1 fully saturated rings. The number of piperazine rings is 1. The molecule has 0 atom stereocenters. The van der Waals surface area contributed by atoms with Crippen molar-refractivity contribution in [1.82, 2.24) is 9.88 Å². The predicted octanol–water partition coefficient (Wildman–Crippen LogP) is 4.43. The zero-order valence-electron chi connectivity index (χ0n) is 12.7. The van der Waals surface area contributed by atoms with Gasteiger partial charge in [-0.25, -0.2) is 4.98 Å². The molecule has 10 heteroatoms. The number of rotatable bonds is 2. The summed E-state index contributed by atoms with van der Waals surface area (Å²) in [7, 11) is 0. The van der Waals surface area contributed by atoms with Gasteiger partial charge in [0.15, 0.2) is 5.13 Å². The first kappa shape index (κ1) is 18.3. The molecule has 1 aliphatic heterocycles. The molecule has 0 aliphatic carbocycles. The van der Waals surface area contributed by atoms with Crippen molar-refractivity contribution in [3.63, 3.8) is 0 Å². The van der Waals surface area contributed by atoms with Crippen molar-refractivity contribution in [2.24, 2.45) is 0 Å². The second-order valence-corrected chi connectivity index (χ2v) is 7.18. The number of hydrogen-bond donors (Lipinski definition) is 0. The van der Waals surface area contributed by atoms with Gasteiger partial charge in [-0.05, 0) is 12.1 Å². The van der Waals surface area contributed by atoms with Gasteiger partial charge < -0.3 is 9.80 Å². The van der Waals surface area contributed by atoms with E-state index in [1.165, 1.54) is 0 Å². The van der Waals surface area contributed by atoms with Crippen LogP contribution in [-0.2, 0) is 6.18 Å². The SMILES string of the molecule is O=C(c1cccc(Cl)c1Cl)N1CCN(c2ncc(C(F)(F)F)s2)CC1. The number of amides is 1. The van der Waals surface area contributed by atoms with Gasteiger partial charge in [-0.15, -0.1) is 0 Å². The van der Waals surface area contributed by atoms with Gasteiger partial charge in [-0.2, -0.15) is 13.2 Å². The van der Waals surface area contributed by atoms with Crippen LogP contribution in [0.3, 0.4) is 0 Å². The maximum absolute atomic E-state index is 12.7. The van der Waals surface area contributed by atoms with E-state index >= 15 is 0 Å². The van der Waals surface area contributed by atoms with Crippen molar-refractivity contribution in [3.8, 4) is 0 Å². The number of hydrogen-bond acceptors (Lipinski definition) is 4. The van der Waals surface area contributed by atoms with Crippen LogP contribution >= 0.6 is 34.5 Å². The number of alkyl halides is 3. The highest BCUT2D eigenvalue weighted by molar-refractivity contribution is 7.15. The lowest BCUT2D eigenvalue weighted by Crippen LogP contribution is -2.48. The summed E-state index contributed by atoms with van der Waals surface area (Å²) in [5.74, 6) is -0.248. The lowest BCUT2D eigenvalue weighted by Gasteiger charge is -2.34. The number of carbonyl (C=O) groups excluding carboxylic acids is 1. The molecule has 1 saturated heterocycles. The van der Waals surface area contributed by atoms with Gasteiger partial charge in [0, 0.05) is 26.2 Å². The van der Waals surface area contributed by atoms with Crippen LogP contribution in [0.1, 0.15) is 15.2 Å². The minimum Gasteiger partial charge on any atom is -0.345 e. The first-order valence-electron chi connectivity index (χ1n) is 7.28.